The van der Waals surface area contributed by atoms with Gasteiger partial charge in [0, 0.05) is 19.6 Å². The molecule has 0 radical (unpaired) electrons. The summed E-state index contributed by atoms with van der Waals surface area (Å²) in [4.78, 5) is 25.1. The second-order valence-corrected chi connectivity index (χ2v) is 7.36. The van der Waals surface area contributed by atoms with Gasteiger partial charge in [0.15, 0.2) is 0 Å². The predicted molar refractivity (Wildman–Crippen MR) is 93.5 cm³/mol. The number of benzene rings is 1. The third-order valence-electron chi connectivity index (χ3n) is 5.25. The zero-order chi connectivity index (χ0) is 17.9. The van der Waals surface area contributed by atoms with Gasteiger partial charge in [0.1, 0.15) is 5.75 Å². The molecule has 2 aliphatic rings. The third-order valence-corrected chi connectivity index (χ3v) is 5.25. The number of carbonyl (C=O) groups is 2. The molecule has 2 amide bonds. The first-order valence-electron chi connectivity index (χ1n) is 8.98. The lowest BCUT2D eigenvalue weighted by molar-refractivity contribution is -0.147. The molecule has 25 heavy (non-hydrogen) atoms. The summed E-state index contributed by atoms with van der Waals surface area (Å²) in [6, 6.07) is 7.58. The van der Waals surface area contributed by atoms with E-state index in [1.54, 1.807) is 11.8 Å². The van der Waals surface area contributed by atoms with Crippen molar-refractivity contribution in [2.75, 3.05) is 13.1 Å². The SMILES string of the molecule is CC1(C(=O)O)CCN(C(=O)NCc2ccc(OC3CCCC3)cc2)C1. The average molecular weight is 346 g/mol. The molecule has 1 atom stereocenters. The van der Waals surface area contributed by atoms with Crippen LogP contribution in [0.15, 0.2) is 24.3 Å². The molecule has 1 aromatic carbocycles. The fourth-order valence-electron chi connectivity index (χ4n) is 3.48. The molecular formula is C19H26N2O4. The van der Waals surface area contributed by atoms with Crippen molar-refractivity contribution in [3.05, 3.63) is 29.8 Å². The molecule has 0 aromatic heterocycles. The number of hydrogen-bond donors (Lipinski definition) is 2. The van der Waals surface area contributed by atoms with Crippen molar-refractivity contribution >= 4 is 12.0 Å². The second kappa shape index (κ2) is 7.33. The highest BCUT2D eigenvalue weighted by molar-refractivity contribution is 5.79. The van der Waals surface area contributed by atoms with Gasteiger partial charge in [0.05, 0.1) is 11.5 Å². The number of carbonyl (C=O) groups excluding carboxylic acids is 1. The number of urea groups is 1. The molecule has 2 N–H and O–H groups in total. The minimum Gasteiger partial charge on any atom is -0.490 e. The van der Waals surface area contributed by atoms with Gasteiger partial charge in [-0.25, -0.2) is 4.79 Å². The second-order valence-electron chi connectivity index (χ2n) is 7.36. The van der Waals surface area contributed by atoms with Gasteiger partial charge in [-0.05, 0) is 56.7 Å². The zero-order valence-electron chi connectivity index (χ0n) is 14.7. The third kappa shape index (κ3) is 4.24. The Hall–Kier alpha value is -2.24. The van der Waals surface area contributed by atoms with Crippen molar-refractivity contribution in [1.29, 1.82) is 0 Å². The van der Waals surface area contributed by atoms with E-state index in [0.29, 0.717) is 25.6 Å². The summed E-state index contributed by atoms with van der Waals surface area (Å²) < 4.78 is 5.93. The molecule has 6 nitrogen and oxygen atoms in total. The Bertz CT molecular complexity index is 625. The van der Waals surface area contributed by atoms with Crippen LogP contribution in [0, 0.1) is 5.41 Å². The van der Waals surface area contributed by atoms with Crippen molar-refractivity contribution in [2.24, 2.45) is 5.41 Å². The Morgan fingerprint density at radius 2 is 1.96 bits per heavy atom. The van der Waals surface area contributed by atoms with Crippen LogP contribution in [0.2, 0.25) is 0 Å². The van der Waals surface area contributed by atoms with Gasteiger partial charge in [-0.1, -0.05) is 12.1 Å². The van der Waals surface area contributed by atoms with E-state index in [1.807, 2.05) is 24.3 Å². The van der Waals surface area contributed by atoms with Crippen LogP contribution in [-0.4, -0.2) is 41.2 Å². The molecule has 1 saturated carbocycles. The van der Waals surface area contributed by atoms with Crippen LogP contribution in [0.1, 0.15) is 44.6 Å². The summed E-state index contributed by atoms with van der Waals surface area (Å²) >= 11 is 0. The molecule has 1 aromatic rings. The van der Waals surface area contributed by atoms with E-state index in [1.165, 1.54) is 12.8 Å². The number of hydrogen-bond acceptors (Lipinski definition) is 3. The number of aliphatic carboxylic acids is 1. The van der Waals surface area contributed by atoms with E-state index < -0.39 is 11.4 Å². The maximum Gasteiger partial charge on any atom is 0.317 e. The zero-order valence-corrected chi connectivity index (χ0v) is 14.7. The van der Waals surface area contributed by atoms with Crippen LogP contribution in [0.25, 0.3) is 0 Å². The Morgan fingerprint density at radius 3 is 2.56 bits per heavy atom. The molecular weight excluding hydrogens is 320 g/mol. The molecule has 1 aliphatic carbocycles. The minimum absolute atomic E-state index is 0.212. The summed E-state index contributed by atoms with van der Waals surface area (Å²) in [5, 5.41) is 12.1. The number of ether oxygens (including phenoxy) is 1. The number of nitrogens with one attached hydrogen (secondary N) is 1. The minimum atomic E-state index is -0.847. The van der Waals surface area contributed by atoms with Gasteiger partial charge in [-0.15, -0.1) is 0 Å². The standard InChI is InChI=1S/C19H26N2O4/c1-19(17(22)23)10-11-21(13-19)18(24)20-12-14-6-8-16(9-7-14)25-15-4-2-3-5-15/h6-9,15H,2-5,10-13H2,1H3,(H,20,24)(H,22,23). The van der Waals surface area contributed by atoms with Gasteiger partial charge in [-0.2, -0.15) is 0 Å². The molecule has 2 fully saturated rings. The van der Waals surface area contributed by atoms with E-state index in [2.05, 4.69) is 5.32 Å². The van der Waals surface area contributed by atoms with Crippen LogP contribution in [-0.2, 0) is 11.3 Å². The van der Waals surface area contributed by atoms with Gasteiger partial charge in [0.25, 0.3) is 0 Å². The summed E-state index contributed by atoms with van der Waals surface area (Å²) in [5.41, 5.74) is 0.156. The number of carboxylic acids is 1. The number of rotatable bonds is 5. The number of carboxylic acid groups (broad SMARTS) is 1. The molecule has 1 aliphatic heterocycles. The van der Waals surface area contributed by atoms with E-state index in [9.17, 15) is 14.7 Å². The quantitative estimate of drug-likeness (QED) is 0.859. The van der Waals surface area contributed by atoms with Crippen molar-refractivity contribution in [3.8, 4) is 5.75 Å². The van der Waals surface area contributed by atoms with Crippen LogP contribution < -0.4 is 10.1 Å². The lowest BCUT2D eigenvalue weighted by atomic mass is 9.90. The van der Waals surface area contributed by atoms with Gasteiger partial charge in [0.2, 0.25) is 0 Å². The smallest absolute Gasteiger partial charge is 0.317 e. The number of nitrogens with zero attached hydrogens (tertiary/aromatic N) is 1. The Kier molecular flexibility index (Phi) is 5.16. The van der Waals surface area contributed by atoms with Gasteiger partial charge < -0.3 is 20.1 Å². The van der Waals surface area contributed by atoms with E-state index >= 15 is 0 Å². The number of likely N-dealkylation sites (tertiary alicyclic amines) is 1. The van der Waals surface area contributed by atoms with Crippen LogP contribution >= 0.6 is 0 Å². The molecule has 1 saturated heterocycles. The Morgan fingerprint density at radius 1 is 1.28 bits per heavy atom. The lowest BCUT2D eigenvalue weighted by Gasteiger charge is -2.20. The monoisotopic (exact) mass is 346 g/mol. The molecule has 136 valence electrons. The van der Waals surface area contributed by atoms with Crippen molar-refractivity contribution in [3.63, 3.8) is 0 Å². The molecule has 6 heteroatoms. The lowest BCUT2D eigenvalue weighted by Crippen LogP contribution is -2.40. The van der Waals surface area contributed by atoms with E-state index in [-0.39, 0.29) is 12.6 Å². The predicted octanol–water partition coefficient (Wildman–Crippen LogP) is 3.01. The summed E-state index contributed by atoms with van der Waals surface area (Å²) in [5.74, 6) is 0.0272. The van der Waals surface area contributed by atoms with E-state index in [0.717, 1.165) is 24.2 Å². The molecule has 3 rings (SSSR count). The van der Waals surface area contributed by atoms with Crippen molar-refractivity contribution in [1.82, 2.24) is 10.2 Å². The molecule has 0 bridgehead atoms. The highest BCUT2D eigenvalue weighted by atomic mass is 16.5. The summed E-state index contributed by atoms with van der Waals surface area (Å²) in [6.07, 6.45) is 5.57. The first-order chi connectivity index (χ1) is 12.0. The average Bonchev–Trinajstić information content (AvgIpc) is 3.24. The van der Waals surface area contributed by atoms with Gasteiger partial charge >= 0.3 is 12.0 Å². The normalized spacial score (nSPS) is 23.6. The van der Waals surface area contributed by atoms with Crippen LogP contribution in [0.5, 0.6) is 5.75 Å². The Labute approximate surface area is 148 Å². The largest absolute Gasteiger partial charge is 0.490 e. The number of amides is 2. The fourth-order valence-corrected chi connectivity index (χ4v) is 3.48. The summed E-state index contributed by atoms with van der Waals surface area (Å²) in [6.45, 7) is 2.83. The highest BCUT2D eigenvalue weighted by Crippen LogP contribution is 2.30. The van der Waals surface area contributed by atoms with Crippen LogP contribution in [0.3, 0.4) is 0 Å². The first kappa shape index (κ1) is 17.6. The van der Waals surface area contributed by atoms with Gasteiger partial charge in [-0.3, -0.25) is 4.79 Å². The molecule has 1 unspecified atom stereocenters. The maximum absolute atomic E-state index is 12.2. The van der Waals surface area contributed by atoms with Crippen molar-refractivity contribution < 1.29 is 19.4 Å². The maximum atomic E-state index is 12.2. The van der Waals surface area contributed by atoms with Crippen molar-refractivity contribution in [2.45, 2.75) is 51.7 Å². The summed E-state index contributed by atoms with van der Waals surface area (Å²) in [7, 11) is 0. The Balaban J connectivity index is 1.46. The van der Waals surface area contributed by atoms with E-state index in [4.69, 9.17) is 4.74 Å². The topological polar surface area (TPSA) is 78.9 Å². The fraction of sp³-hybridized carbons (Fsp3) is 0.579. The molecule has 0 spiro atoms. The van der Waals surface area contributed by atoms with Crippen LogP contribution in [0.4, 0.5) is 4.79 Å². The first-order valence-corrected chi connectivity index (χ1v) is 8.98. The highest BCUT2D eigenvalue weighted by Gasteiger charge is 2.42. The molecule has 1 heterocycles.